The molecule has 2 aromatic rings. The van der Waals surface area contributed by atoms with E-state index in [1.54, 1.807) is 18.0 Å². The molecule has 0 unspecified atom stereocenters. The Bertz CT molecular complexity index is 692. The summed E-state index contributed by atoms with van der Waals surface area (Å²) in [4.78, 5) is 17.9. The van der Waals surface area contributed by atoms with Gasteiger partial charge in [-0.15, -0.1) is 11.8 Å². The highest BCUT2D eigenvalue weighted by molar-refractivity contribution is 9.10. The van der Waals surface area contributed by atoms with Crippen molar-refractivity contribution in [3.63, 3.8) is 0 Å². The molecule has 1 N–H and O–H groups in total. The minimum absolute atomic E-state index is 0.0280. The van der Waals surface area contributed by atoms with Crippen LogP contribution in [0.5, 0.6) is 0 Å². The van der Waals surface area contributed by atoms with E-state index in [4.69, 9.17) is 0 Å². The van der Waals surface area contributed by atoms with Gasteiger partial charge in [0.25, 0.3) is 0 Å². The molecule has 136 valence electrons. The number of unbranched alkanes of at least 4 members (excludes halogenated alkanes) is 5. The average molecular weight is 423 g/mol. The Morgan fingerprint density at radius 3 is 2.72 bits per heavy atom. The lowest BCUT2D eigenvalue weighted by molar-refractivity contribution is -0.115. The summed E-state index contributed by atoms with van der Waals surface area (Å²) in [6, 6.07) is 7.93. The molecule has 0 aliphatic rings. The molecule has 25 heavy (non-hydrogen) atoms. The molecule has 0 fully saturated rings. The first-order valence-electron chi connectivity index (χ1n) is 9.04. The van der Waals surface area contributed by atoms with Crippen LogP contribution in [-0.4, -0.2) is 22.0 Å². The molecule has 0 saturated heterocycles. The van der Waals surface area contributed by atoms with E-state index >= 15 is 0 Å². The first-order valence-corrected chi connectivity index (χ1v) is 11.2. The van der Waals surface area contributed by atoms with Crippen molar-refractivity contribution < 1.29 is 4.79 Å². The van der Waals surface area contributed by atoms with Crippen molar-refractivity contribution in [1.82, 2.24) is 4.98 Å². The molecule has 5 heteroatoms. The first kappa shape index (κ1) is 20.2. The van der Waals surface area contributed by atoms with Crippen LogP contribution in [0.15, 0.2) is 35.4 Å². The molecule has 1 atom stereocenters. The van der Waals surface area contributed by atoms with E-state index < -0.39 is 0 Å². The van der Waals surface area contributed by atoms with Crippen LogP contribution in [-0.2, 0) is 4.79 Å². The molecule has 3 nitrogen and oxygen atoms in total. The number of pyridine rings is 1. The normalized spacial score (nSPS) is 12.3. The highest BCUT2D eigenvalue weighted by Crippen LogP contribution is 2.33. The number of rotatable bonds is 10. The van der Waals surface area contributed by atoms with Gasteiger partial charge in [-0.2, -0.15) is 0 Å². The van der Waals surface area contributed by atoms with Gasteiger partial charge in [-0.25, -0.2) is 0 Å². The quantitative estimate of drug-likeness (QED) is 0.273. The smallest absolute Gasteiger partial charge is 0.238 e. The van der Waals surface area contributed by atoms with E-state index in [2.05, 4.69) is 33.2 Å². The largest absolute Gasteiger partial charge is 0.324 e. The van der Waals surface area contributed by atoms with Crippen LogP contribution in [0.25, 0.3) is 10.9 Å². The van der Waals surface area contributed by atoms with Crippen LogP contribution in [0.3, 0.4) is 0 Å². The average Bonchev–Trinajstić information content (AvgIpc) is 2.64. The fourth-order valence-corrected chi connectivity index (χ4v) is 3.88. The number of halogens is 1. The highest BCUT2D eigenvalue weighted by atomic mass is 79.9. The van der Waals surface area contributed by atoms with Crippen molar-refractivity contribution in [2.45, 2.75) is 61.6 Å². The standard InChI is InChI=1S/C20H27BrN2OS/c1-3-4-5-6-7-8-11-16(21)20(24)23-19-15-10-9-14-22-17(15)12-13-18(19)25-2/h9-10,12-14,16H,3-8,11H2,1-2H3,(H,23,24)/t16-/m0/s1. The van der Waals surface area contributed by atoms with Gasteiger partial charge < -0.3 is 5.32 Å². The number of nitrogens with zero attached hydrogens (tertiary/aromatic N) is 1. The van der Waals surface area contributed by atoms with E-state index in [1.165, 1.54) is 32.1 Å². The zero-order valence-corrected chi connectivity index (χ0v) is 17.5. The zero-order chi connectivity index (χ0) is 18.1. The number of thioether (sulfide) groups is 1. The van der Waals surface area contributed by atoms with Gasteiger partial charge in [0.1, 0.15) is 0 Å². The third-order valence-electron chi connectivity index (χ3n) is 4.31. The molecule has 1 heterocycles. The molecule has 1 amide bonds. The van der Waals surface area contributed by atoms with E-state index in [0.29, 0.717) is 0 Å². The van der Waals surface area contributed by atoms with E-state index in [1.807, 2.05) is 30.5 Å². The molecule has 0 aliphatic carbocycles. The predicted octanol–water partition coefficient (Wildman–Crippen LogP) is 6.41. The van der Waals surface area contributed by atoms with Gasteiger partial charge >= 0.3 is 0 Å². The maximum atomic E-state index is 12.6. The summed E-state index contributed by atoms with van der Waals surface area (Å²) < 4.78 is 0. The van der Waals surface area contributed by atoms with E-state index in [-0.39, 0.29) is 10.7 Å². The Kier molecular flexibility index (Phi) is 8.76. The molecule has 2 rings (SSSR count). The predicted molar refractivity (Wildman–Crippen MR) is 113 cm³/mol. The van der Waals surface area contributed by atoms with Crippen LogP contribution in [0.2, 0.25) is 0 Å². The third-order valence-corrected chi connectivity index (χ3v) is 5.96. The molecule has 0 bridgehead atoms. The fourth-order valence-electron chi connectivity index (χ4n) is 2.87. The number of anilines is 1. The number of carbonyl (C=O) groups excluding carboxylic acids is 1. The zero-order valence-electron chi connectivity index (χ0n) is 15.1. The molecule has 0 aliphatic heterocycles. The summed E-state index contributed by atoms with van der Waals surface area (Å²) in [7, 11) is 0. The number of hydrogen-bond acceptors (Lipinski definition) is 3. The number of hydrogen-bond donors (Lipinski definition) is 1. The van der Waals surface area contributed by atoms with Gasteiger partial charge in [-0.1, -0.05) is 61.4 Å². The number of aromatic nitrogens is 1. The topological polar surface area (TPSA) is 42.0 Å². The number of amides is 1. The number of alkyl halides is 1. The van der Waals surface area contributed by atoms with Gasteiger partial charge in [0.15, 0.2) is 0 Å². The lowest BCUT2D eigenvalue weighted by Crippen LogP contribution is -2.23. The van der Waals surface area contributed by atoms with E-state index in [0.717, 1.165) is 34.3 Å². The van der Waals surface area contributed by atoms with Crippen LogP contribution in [0.1, 0.15) is 51.9 Å². The maximum Gasteiger partial charge on any atom is 0.238 e. The second kappa shape index (κ2) is 10.8. The number of benzene rings is 1. The lowest BCUT2D eigenvalue weighted by Gasteiger charge is -2.15. The van der Waals surface area contributed by atoms with Gasteiger partial charge in [0.2, 0.25) is 5.91 Å². The molecule has 1 aromatic heterocycles. The van der Waals surface area contributed by atoms with Crippen molar-refractivity contribution >= 4 is 50.2 Å². The monoisotopic (exact) mass is 422 g/mol. The second-order valence-corrected chi connectivity index (χ2v) is 8.18. The first-order chi connectivity index (χ1) is 12.2. The Hall–Kier alpha value is -1.07. The SMILES string of the molecule is CCCCCCCC[C@H](Br)C(=O)Nc1c(SC)ccc2ncccc12. The van der Waals surface area contributed by atoms with Gasteiger partial charge in [-0.05, 0) is 36.9 Å². The Morgan fingerprint density at radius 1 is 1.20 bits per heavy atom. The summed E-state index contributed by atoms with van der Waals surface area (Å²) in [6.07, 6.45) is 12.1. The molecule has 0 spiro atoms. The summed E-state index contributed by atoms with van der Waals surface area (Å²) in [5.74, 6) is 0.0280. The third kappa shape index (κ3) is 6.00. The lowest BCUT2D eigenvalue weighted by atomic mass is 10.1. The number of carbonyl (C=O) groups is 1. The number of nitrogens with one attached hydrogen (secondary N) is 1. The highest BCUT2D eigenvalue weighted by Gasteiger charge is 2.17. The Morgan fingerprint density at radius 2 is 1.96 bits per heavy atom. The summed E-state index contributed by atoms with van der Waals surface area (Å²) >= 11 is 5.19. The molecule has 0 saturated carbocycles. The van der Waals surface area contributed by atoms with Crippen LogP contribution >= 0.6 is 27.7 Å². The van der Waals surface area contributed by atoms with Crippen molar-refractivity contribution in [1.29, 1.82) is 0 Å². The maximum absolute atomic E-state index is 12.6. The van der Waals surface area contributed by atoms with Crippen LogP contribution in [0, 0.1) is 0 Å². The van der Waals surface area contributed by atoms with Crippen LogP contribution < -0.4 is 5.32 Å². The van der Waals surface area contributed by atoms with Crippen molar-refractivity contribution in [2.75, 3.05) is 11.6 Å². The minimum atomic E-state index is -0.152. The second-order valence-electron chi connectivity index (χ2n) is 6.23. The summed E-state index contributed by atoms with van der Waals surface area (Å²) in [5.41, 5.74) is 1.77. The van der Waals surface area contributed by atoms with Gasteiger partial charge in [-0.3, -0.25) is 9.78 Å². The number of fused-ring (bicyclic) bond motifs is 1. The molecule has 1 aromatic carbocycles. The Balaban J connectivity index is 1.96. The van der Waals surface area contributed by atoms with Crippen molar-refractivity contribution in [3.8, 4) is 0 Å². The summed E-state index contributed by atoms with van der Waals surface area (Å²) in [5, 5.41) is 4.11. The molecular weight excluding hydrogens is 396 g/mol. The van der Waals surface area contributed by atoms with Gasteiger partial charge in [0.05, 0.1) is 16.0 Å². The minimum Gasteiger partial charge on any atom is -0.324 e. The Labute approximate surface area is 163 Å². The van der Waals surface area contributed by atoms with Crippen molar-refractivity contribution in [2.24, 2.45) is 0 Å². The van der Waals surface area contributed by atoms with Crippen molar-refractivity contribution in [3.05, 3.63) is 30.5 Å². The fraction of sp³-hybridized carbons (Fsp3) is 0.500. The van der Waals surface area contributed by atoms with E-state index in [9.17, 15) is 4.79 Å². The van der Waals surface area contributed by atoms with Crippen LogP contribution in [0.4, 0.5) is 5.69 Å². The summed E-state index contributed by atoms with van der Waals surface area (Å²) in [6.45, 7) is 2.23. The molecule has 0 radical (unpaired) electrons. The van der Waals surface area contributed by atoms with Gasteiger partial charge in [0, 0.05) is 16.5 Å². The molecular formula is C20H27BrN2OS.